The van der Waals surface area contributed by atoms with Gasteiger partial charge < -0.3 is 5.41 Å². The lowest BCUT2D eigenvalue weighted by Gasteiger charge is -1.88. The first-order valence-corrected chi connectivity index (χ1v) is 4.86. The second kappa shape index (κ2) is 8.35. The van der Waals surface area contributed by atoms with E-state index in [0.717, 1.165) is 13.1 Å². The summed E-state index contributed by atoms with van der Waals surface area (Å²) in [6, 6.07) is 0. The van der Waals surface area contributed by atoms with Crippen LogP contribution in [0.5, 0.6) is 0 Å². The molecule has 0 spiro atoms. The van der Waals surface area contributed by atoms with Gasteiger partial charge in [0.05, 0.1) is 6.54 Å². The van der Waals surface area contributed by atoms with Crippen LogP contribution in [0.25, 0.3) is 5.41 Å². The topological polar surface area (TPSA) is 31.1 Å². The van der Waals surface area contributed by atoms with Crippen LogP contribution in [-0.2, 0) is 13.1 Å². The molecule has 3 nitrogen and oxygen atoms in total. The third kappa shape index (κ3) is 5.41. The van der Waals surface area contributed by atoms with Crippen molar-refractivity contribution in [2.24, 2.45) is 0 Å². The Bertz CT molecular complexity index is 298. The molecule has 0 saturated heterocycles. The summed E-state index contributed by atoms with van der Waals surface area (Å²) >= 11 is 3.70. The Morgan fingerprint density at radius 1 is 1.71 bits per heavy atom. The van der Waals surface area contributed by atoms with E-state index in [1.54, 1.807) is 0 Å². The average Bonchev–Trinajstić information content (AvgIpc) is 2.55. The van der Waals surface area contributed by atoms with Crippen LogP contribution in [0.2, 0.25) is 0 Å². The van der Waals surface area contributed by atoms with Crippen LogP contribution in [0.1, 0.15) is 13.3 Å². The smallest absolute Gasteiger partial charge is 0.244 e. The highest BCUT2D eigenvalue weighted by Gasteiger charge is 1.98. The fourth-order valence-corrected chi connectivity index (χ4v) is 1.09. The number of thiocarbonyl (C=S) groups is 1. The number of hydrogen-bond acceptors (Lipinski definition) is 1. The highest BCUT2D eigenvalue weighted by atomic mass is 32.1. The van der Waals surface area contributed by atoms with Crippen LogP contribution in [0.4, 0.5) is 0 Å². The third-order valence-electron chi connectivity index (χ3n) is 1.57. The minimum Gasteiger partial charge on any atom is -0.753 e. The molecule has 0 aliphatic heterocycles. The molecule has 0 aliphatic rings. The van der Waals surface area contributed by atoms with E-state index in [1.807, 2.05) is 6.08 Å². The van der Waals surface area contributed by atoms with E-state index in [1.165, 1.54) is 11.6 Å². The number of isothiocyanates is 1. The monoisotopic (exact) mass is 209 g/mol. The van der Waals surface area contributed by atoms with Gasteiger partial charge in [0.1, 0.15) is 18.9 Å². The van der Waals surface area contributed by atoms with Crippen molar-refractivity contribution in [3.8, 4) is 0 Å². The van der Waals surface area contributed by atoms with Crippen LogP contribution in [0.3, 0.4) is 0 Å². The minimum absolute atomic E-state index is 0.900. The Balaban J connectivity index is 0.000000500. The van der Waals surface area contributed by atoms with Gasteiger partial charge >= 0.3 is 0 Å². The second-order valence-corrected chi connectivity index (χ2v) is 2.91. The lowest BCUT2D eigenvalue weighted by atomic mass is 10.5. The van der Waals surface area contributed by atoms with E-state index >= 15 is 0 Å². The van der Waals surface area contributed by atoms with Crippen molar-refractivity contribution in [3.05, 3.63) is 36.8 Å². The highest BCUT2D eigenvalue weighted by Crippen LogP contribution is 1.85. The van der Waals surface area contributed by atoms with E-state index in [0.29, 0.717) is 0 Å². The van der Waals surface area contributed by atoms with Crippen LogP contribution < -0.4 is 4.57 Å². The van der Waals surface area contributed by atoms with Gasteiger partial charge in [-0.1, -0.05) is 31.8 Å². The summed E-state index contributed by atoms with van der Waals surface area (Å²) in [5, 5.41) is 8.47. The van der Waals surface area contributed by atoms with Crippen LogP contribution in [0.15, 0.2) is 31.4 Å². The maximum Gasteiger partial charge on any atom is 0.244 e. The van der Waals surface area contributed by atoms with Crippen molar-refractivity contribution in [2.75, 3.05) is 0 Å². The van der Waals surface area contributed by atoms with Crippen molar-refractivity contribution in [1.82, 2.24) is 4.57 Å². The van der Waals surface area contributed by atoms with Crippen molar-refractivity contribution in [2.45, 2.75) is 26.4 Å². The Hall–Kier alpha value is -1.25. The number of hydrogen-bond donors (Lipinski definition) is 0. The standard InChI is InChI=1S/C9H15N2.CNS/c1-3-5-10-7-8-11(9-10)6-4-2;2-1-3/h3,7-9H,1,4-6H2,2H3;/q+1;-1. The zero-order chi connectivity index (χ0) is 10.8. The first kappa shape index (κ1) is 12.8. The zero-order valence-corrected chi connectivity index (χ0v) is 9.20. The molecule has 0 N–H and O–H groups in total. The Labute approximate surface area is 90.2 Å². The van der Waals surface area contributed by atoms with Crippen LogP contribution in [0, 0.1) is 0 Å². The molecular formula is C10H15N3S. The SMILES string of the molecule is C=CCn1cc[n+](CCC)c1.[N-]=C=S. The van der Waals surface area contributed by atoms with Crippen molar-refractivity contribution in [3.63, 3.8) is 0 Å². The summed E-state index contributed by atoms with van der Waals surface area (Å²) in [4.78, 5) is 0. The number of aryl methyl sites for hydroxylation is 1. The van der Waals surface area contributed by atoms with Gasteiger partial charge in [0.15, 0.2) is 0 Å². The molecule has 4 heteroatoms. The minimum atomic E-state index is 0.900. The number of nitrogens with zero attached hydrogens (tertiary/aromatic N) is 3. The molecular weight excluding hydrogens is 194 g/mol. The fourth-order valence-electron chi connectivity index (χ4n) is 1.09. The highest BCUT2D eigenvalue weighted by molar-refractivity contribution is 7.78. The van der Waals surface area contributed by atoms with Gasteiger partial charge in [-0.05, 0) is 6.42 Å². The average molecular weight is 209 g/mol. The van der Waals surface area contributed by atoms with Crippen molar-refractivity contribution >= 4 is 17.4 Å². The lowest BCUT2D eigenvalue weighted by molar-refractivity contribution is -0.696. The van der Waals surface area contributed by atoms with Crippen molar-refractivity contribution in [1.29, 1.82) is 0 Å². The number of imidazole rings is 1. The zero-order valence-electron chi connectivity index (χ0n) is 8.39. The Morgan fingerprint density at radius 2 is 2.36 bits per heavy atom. The summed E-state index contributed by atoms with van der Waals surface area (Å²) in [6.07, 6.45) is 9.34. The van der Waals surface area contributed by atoms with E-state index in [2.05, 4.69) is 53.6 Å². The first-order chi connectivity index (χ1) is 6.78. The summed E-state index contributed by atoms with van der Waals surface area (Å²) in [5.74, 6) is 0. The van der Waals surface area contributed by atoms with Gasteiger partial charge in [0.25, 0.3) is 0 Å². The predicted octanol–water partition coefficient (Wildman–Crippen LogP) is 2.03. The summed E-state index contributed by atoms with van der Waals surface area (Å²) in [7, 11) is 0. The molecule has 1 aromatic rings. The largest absolute Gasteiger partial charge is 0.753 e. The predicted molar refractivity (Wildman–Crippen MR) is 61.1 cm³/mol. The number of rotatable bonds is 4. The maximum absolute atomic E-state index is 7.13. The van der Waals surface area contributed by atoms with E-state index in [4.69, 9.17) is 5.41 Å². The number of aromatic nitrogens is 2. The van der Waals surface area contributed by atoms with E-state index in [-0.39, 0.29) is 0 Å². The summed E-state index contributed by atoms with van der Waals surface area (Å²) < 4.78 is 4.30. The molecule has 1 rings (SSSR count). The molecule has 1 aromatic heterocycles. The molecule has 0 aromatic carbocycles. The van der Waals surface area contributed by atoms with Crippen LogP contribution >= 0.6 is 12.2 Å². The van der Waals surface area contributed by atoms with Gasteiger partial charge in [-0.15, -0.1) is 0 Å². The van der Waals surface area contributed by atoms with Gasteiger partial charge in [0, 0.05) is 0 Å². The third-order valence-corrected chi connectivity index (χ3v) is 1.57. The molecule has 0 fully saturated rings. The fraction of sp³-hybridized carbons (Fsp3) is 0.400. The lowest BCUT2D eigenvalue weighted by Crippen LogP contribution is -2.30. The molecule has 76 valence electrons. The van der Waals surface area contributed by atoms with Crippen LogP contribution in [-0.4, -0.2) is 9.73 Å². The molecule has 0 aliphatic carbocycles. The molecule has 14 heavy (non-hydrogen) atoms. The van der Waals surface area contributed by atoms with E-state index in [9.17, 15) is 0 Å². The number of allylic oxidation sites excluding steroid dienone is 1. The normalized spacial score (nSPS) is 8.36. The second-order valence-electron chi connectivity index (χ2n) is 2.73. The van der Waals surface area contributed by atoms with Gasteiger partial charge in [-0.2, -0.15) is 5.16 Å². The molecule has 0 bridgehead atoms. The Kier molecular flexibility index (Phi) is 7.61. The van der Waals surface area contributed by atoms with Gasteiger partial charge in [0.2, 0.25) is 6.33 Å². The quantitative estimate of drug-likeness (QED) is 0.323. The molecule has 0 unspecified atom stereocenters. The Morgan fingerprint density at radius 3 is 2.86 bits per heavy atom. The molecule has 0 atom stereocenters. The molecule has 0 amide bonds. The molecule has 1 heterocycles. The van der Waals surface area contributed by atoms with Gasteiger partial charge in [-0.3, -0.25) is 0 Å². The van der Waals surface area contributed by atoms with E-state index < -0.39 is 0 Å². The molecule has 0 saturated carbocycles. The molecule has 0 radical (unpaired) electrons. The summed E-state index contributed by atoms with van der Waals surface area (Å²) in [5.41, 5.74) is 0. The first-order valence-electron chi connectivity index (χ1n) is 4.45. The van der Waals surface area contributed by atoms with Crippen molar-refractivity contribution < 1.29 is 4.57 Å². The van der Waals surface area contributed by atoms with Gasteiger partial charge in [-0.25, -0.2) is 9.13 Å². The summed E-state index contributed by atoms with van der Waals surface area (Å²) in [6.45, 7) is 7.86. The maximum atomic E-state index is 7.13.